The Morgan fingerprint density at radius 1 is 0.492 bits per heavy atom. The molecule has 63 heavy (non-hydrogen) atoms. The zero-order valence-corrected chi connectivity index (χ0v) is 36.8. The van der Waals surface area contributed by atoms with Gasteiger partial charge < -0.3 is 19.0 Å². The van der Waals surface area contributed by atoms with Gasteiger partial charge in [0, 0.05) is 42.9 Å². The monoisotopic (exact) mass is 989 g/mol. The molecule has 0 saturated carbocycles. The molecule has 0 fully saturated rings. The van der Waals surface area contributed by atoms with Gasteiger partial charge in [0.15, 0.2) is 0 Å². The fraction of sp³-hybridized carbons (Fsp3) is 0.0357. The van der Waals surface area contributed by atoms with Crippen LogP contribution in [0.2, 0.25) is 0 Å². The number of hydrogen-bond donors (Lipinski definition) is 0. The van der Waals surface area contributed by atoms with Gasteiger partial charge in [0.25, 0.3) is 0 Å². The molecule has 0 atom stereocenters. The van der Waals surface area contributed by atoms with Gasteiger partial charge in [-0.15, -0.1) is 89.5 Å². The maximum absolute atomic E-state index is 5.95. The molecule has 6 aromatic carbocycles. The van der Waals surface area contributed by atoms with Gasteiger partial charge in [-0.25, -0.2) is 4.98 Å². The van der Waals surface area contributed by atoms with Gasteiger partial charge in [0.1, 0.15) is 0 Å². The van der Waals surface area contributed by atoms with Gasteiger partial charge in [-0.3, -0.25) is 4.98 Å². The molecule has 0 aliphatic heterocycles. The summed E-state index contributed by atoms with van der Waals surface area (Å²) in [4.78, 5) is 18.0. The second kappa shape index (κ2) is 18.2. The van der Waals surface area contributed by atoms with E-state index in [1.807, 2.05) is 110 Å². The Kier molecular flexibility index (Phi) is 11.8. The van der Waals surface area contributed by atoms with Crippen molar-refractivity contribution in [3.8, 4) is 78.4 Å². The molecule has 0 saturated heterocycles. The van der Waals surface area contributed by atoms with E-state index >= 15 is 0 Å². The minimum Gasteiger partial charge on any atom is -0.486 e. The fourth-order valence-electron chi connectivity index (χ4n) is 7.98. The van der Waals surface area contributed by atoms with E-state index in [1.54, 1.807) is 6.20 Å². The van der Waals surface area contributed by atoms with Crippen molar-refractivity contribution in [2.24, 2.45) is 7.05 Å². The third-order valence-corrected chi connectivity index (χ3v) is 11.0. The molecule has 0 amide bonds. The van der Waals surface area contributed by atoms with Crippen LogP contribution in [0.3, 0.4) is 0 Å². The van der Waals surface area contributed by atoms with E-state index in [-0.39, 0.29) is 20.1 Å². The van der Waals surface area contributed by atoms with E-state index in [0.29, 0.717) is 5.71 Å². The van der Waals surface area contributed by atoms with Crippen LogP contribution < -0.4 is 0 Å². The molecule has 0 spiro atoms. The summed E-state index contributed by atoms with van der Waals surface area (Å²) in [6.07, 6.45) is 7.39. The average molecular weight is 989 g/mol. The molecule has 11 rings (SSSR count). The first kappa shape index (κ1) is 40.8. The average Bonchev–Trinajstić information content (AvgIpc) is 3.95. The zero-order valence-electron chi connectivity index (χ0n) is 34.5. The van der Waals surface area contributed by atoms with E-state index in [2.05, 4.69) is 135 Å². The standard InChI is InChI=1S/C40H26N2.C16H12N3O.Ir/c1-2-13-29(14-3-1)40-28-31(24-26-42-40)34-18-5-7-20-36(34)38-22-9-8-21-37(38)35-19-6-4-17-33(35)30-15-12-16-32(27-30)39-23-10-11-25-41-39;1-10-6-7-12-11-4-3-5-13(14(11)20-16(12)18-10)15-17-8-9-19(15)2;/h1-13,15,17-28H;3-4,6-9H,1-2H3;/q-2;-1;+3. The number of pyridine rings is 3. The molecule has 5 aromatic heterocycles. The Hall–Kier alpha value is -7.57. The van der Waals surface area contributed by atoms with Crippen molar-refractivity contribution in [3.63, 3.8) is 0 Å². The summed E-state index contributed by atoms with van der Waals surface area (Å²) in [5, 5.41) is 2.07. The molecule has 0 unspecified atom stereocenters. The molecule has 302 valence electrons. The largest absolute Gasteiger partial charge is 3.00 e. The van der Waals surface area contributed by atoms with Crippen LogP contribution >= 0.6 is 0 Å². The van der Waals surface area contributed by atoms with Crippen LogP contribution in [-0.4, -0.2) is 24.5 Å². The van der Waals surface area contributed by atoms with Crippen LogP contribution in [0.1, 0.15) is 5.69 Å². The number of hydrogen-bond acceptors (Lipinski definition) is 5. The Morgan fingerprint density at radius 2 is 1.13 bits per heavy atom. The Balaban J connectivity index is 0.000000200. The molecule has 11 aromatic rings. The van der Waals surface area contributed by atoms with Gasteiger partial charge in [0.05, 0.1) is 11.4 Å². The normalized spacial score (nSPS) is 10.9. The summed E-state index contributed by atoms with van der Waals surface area (Å²) in [6, 6.07) is 68.2. The van der Waals surface area contributed by atoms with E-state index in [9.17, 15) is 0 Å². The van der Waals surface area contributed by atoms with Crippen molar-refractivity contribution in [2.45, 2.75) is 6.92 Å². The maximum atomic E-state index is 5.95. The minimum absolute atomic E-state index is 0. The molecule has 0 radical (unpaired) electrons. The summed E-state index contributed by atoms with van der Waals surface area (Å²) in [7, 11) is 1.96. The smallest absolute Gasteiger partial charge is 0.486 e. The maximum Gasteiger partial charge on any atom is 3.00 e. The first-order valence-corrected chi connectivity index (χ1v) is 20.4. The molecule has 0 aliphatic rings. The third kappa shape index (κ3) is 8.28. The Morgan fingerprint density at radius 3 is 1.79 bits per heavy atom. The number of fused-ring (bicyclic) bond motifs is 3. The third-order valence-electron chi connectivity index (χ3n) is 11.0. The minimum atomic E-state index is 0. The first-order valence-electron chi connectivity index (χ1n) is 20.4. The van der Waals surface area contributed by atoms with Gasteiger partial charge in [-0.05, 0) is 81.5 Å². The fourth-order valence-corrected chi connectivity index (χ4v) is 7.98. The number of rotatable bonds is 7. The van der Waals surface area contributed by atoms with Crippen molar-refractivity contribution >= 4 is 22.1 Å². The molecular formula is C56H38IrN5O. The Bertz CT molecular complexity index is 3190. The predicted molar refractivity (Wildman–Crippen MR) is 250 cm³/mol. The number of furan rings is 1. The van der Waals surface area contributed by atoms with Gasteiger partial charge in [0.2, 0.25) is 5.71 Å². The van der Waals surface area contributed by atoms with Gasteiger partial charge in [-0.2, -0.15) is 0 Å². The second-order valence-electron chi connectivity index (χ2n) is 14.9. The second-order valence-corrected chi connectivity index (χ2v) is 14.9. The number of benzene rings is 6. The topological polar surface area (TPSA) is 69.6 Å². The first-order chi connectivity index (χ1) is 30.6. The molecule has 0 N–H and O–H groups in total. The van der Waals surface area contributed by atoms with E-state index in [4.69, 9.17) is 4.42 Å². The van der Waals surface area contributed by atoms with E-state index < -0.39 is 0 Å². The molecule has 0 aliphatic carbocycles. The summed E-state index contributed by atoms with van der Waals surface area (Å²) in [6.45, 7) is 1.96. The summed E-state index contributed by atoms with van der Waals surface area (Å²) < 4.78 is 7.90. The zero-order chi connectivity index (χ0) is 41.8. The van der Waals surface area contributed by atoms with Crippen LogP contribution in [0.5, 0.6) is 0 Å². The SMILES string of the molecule is Cc1ccc2c(n1)oc1c(-c3nccn3C)[c-]ccc12.[Ir+3].[c-]1ccccc1-c1cc(-c2ccccc2-c2ccccc2-c2ccccc2-c2cc[c-]c(-c3ccccn3)c2)ccn1. The Labute approximate surface area is 380 Å². The summed E-state index contributed by atoms with van der Waals surface area (Å²) >= 11 is 0. The van der Waals surface area contributed by atoms with Crippen LogP contribution in [-0.2, 0) is 27.2 Å². The predicted octanol–water partition coefficient (Wildman–Crippen LogP) is 13.6. The number of aromatic nitrogens is 5. The molecule has 5 heterocycles. The summed E-state index contributed by atoms with van der Waals surface area (Å²) in [5.74, 6) is 0.839. The van der Waals surface area contributed by atoms with Crippen LogP contribution in [0, 0.1) is 25.1 Å². The molecular weight excluding hydrogens is 951 g/mol. The van der Waals surface area contributed by atoms with Crippen molar-refractivity contribution in [2.75, 3.05) is 0 Å². The number of aryl methyl sites for hydroxylation is 2. The van der Waals surface area contributed by atoms with Crippen molar-refractivity contribution in [3.05, 3.63) is 219 Å². The van der Waals surface area contributed by atoms with Crippen LogP contribution in [0.25, 0.3) is 100 Å². The van der Waals surface area contributed by atoms with Crippen molar-refractivity contribution in [1.82, 2.24) is 24.5 Å². The van der Waals surface area contributed by atoms with Crippen LogP contribution in [0.15, 0.2) is 199 Å². The van der Waals surface area contributed by atoms with Crippen molar-refractivity contribution < 1.29 is 24.5 Å². The van der Waals surface area contributed by atoms with Gasteiger partial charge >= 0.3 is 20.1 Å². The van der Waals surface area contributed by atoms with Crippen LogP contribution in [0.4, 0.5) is 0 Å². The molecule has 0 bridgehead atoms. The van der Waals surface area contributed by atoms with Gasteiger partial charge in [-0.1, -0.05) is 102 Å². The molecule has 7 heteroatoms. The number of imidazole rings is 1. The quantitative estimate of drug-likeness (QED) is 0.149. The van der Waals surface area contributed by atoms with Crippen molar-refractivity contribution in [1.29, 1.82) is 0 Å². The summed E-state index contributed by atoms with van der Waals surface area (Å²) in [5.41, 5.74) is 16.3. The number of nitrogens with zero attached hydrogens (tertiary/aromatic N) is 5. The van der Waals surface area contributed by atoms with E-state index in [1.165, 1.54) is 27.8 Å². The van der Waals surface area contributed by atoms with E-state index in [0.717, 1.165) is 72.6 Å². The molecule has 6 nitrogen and oxygen atoms in total.